The second-order valence-electron chi connectivity index (χ2n) is 4.45. The molecule has 1 aromatic carbocycles. The minimum Gasteiger partial charge on any atom is -0.496 e. The SMILES string of the molecule is CCCCCC(N)c1cc(Br)c(C)cc1OC. The van der Waals surface area contributed by atoms with E-state index in [0.717, 1.165) is 22.2 Å². The highest BCUT2D eigenvalue weighted by atomic mass is 79.9. The molecular formula is C14H22BrNO. The lowest BCUT2D eigenvalue weighted by molar-refractivity contribution is 0.402. The highest BCUT2D eigenvalue weighted by molar-refractivity contribution is 9.10. The van der Waals surface area contributed by atoms with E-state index in [0.29, 0.717) is 0 Å². The number of hydrogen-bond acceptors (Lipinski definition) is 2. The molecule has 2 nitrogen and oxygen atoms in total. The monoisotopic (exact) mass is 299 g/mol. The molecule has 1 atom stereocenters. The van der Waals surface area contributed by atoms with Crippen LogP contribution in [0.2, 0.25) is 0 Å². The van der Waals surface area contributed by atoms with Gasteiger partial charge in [-0.15, -0.1) is 0 Å². The van der Waals surface area contributed by atoms with Gasteiger partial charge in [-0.2, -0.15) is 0 Å². The van der Waals surface area contributed by atoms with Crippen molar-refractivity contribution in [1.82, 2.24) is 0 Å². The van der Waals surface area contributed by atoms with Crippen LogP contribution < -0.4 is 10.5 Å². The Hall–Kier alpha value is -0.540. The fourth-order valence-corrected chi connectivity index (χ4v) is 2.27. The average molecular weight is 300 g/mol. The summed E-state index contributed by atoms with van der Waals surface area (Å²) in [6.07, 6.45) is 4.65. The van der Waals surface area contributed by atoms with Crippen LogP contribution >= 0.6 is 15.9 Å². The zero-order chi connectivity index (χ0) is 12.8. The van der Waals surface area contributed by atoms with Crippen molar-refractivity contribution in [2.45, 2.75) is 45.6 Å². The smallest absolute Gasteiger partial charge is 0.123 e. The fourth-order valence-electron chi connectivity index (χ4n) is 1.91. The normalized spacial score (nSPS) is 12.5. The van der Waals surface area contributed by atoms with E-state index < -0.39 is 0 Å². The first-order chi connectivity index (χ1) is 8.10. The quantitative estimate of drug-likeness (QED) is 0.793. The van der Waals surface area contributed by atoms with Gasteiger partial charge in [0.1, 0.15) is 5.75 Å². The third-order valence-electron chi connectivity index (χ3n) is 3.03. The Morgan fingerprint density at radius 2 is 2.06 bits per heavy atom. The lowest BCUT2D eigenvalue weighted by Crippen LogP contribution is -2.12. The van der Waals surface area contributed by atoms with Crippen molar-refractivity contribution in [3.63, 3.8) is 0 Å². The molecule has 2 N–H and O–H groups in total. The summed E-state index contributed by atoms with van der Waals surface area (Å²) in [4.78, 5) is 0. The van der Waals surface area contributed by atoms with Gasteiger partial charge >= 0.3 is 0 Å². The number of unbranched alkanes of at least 4 members (excludes halogenated alkanes) is 2. The molecule has 0 aliphatic carbocycles. The molecule has 0 aromatic heterocycles. The first-order valence-corrected chi connectivity index (χ1v) is 6.99. The number of methoxy groups -OCH3 is 1. The van der Waals surface area contributed by atoms with E-state index in [1.807, 2.05) is 6.07 Å². The minimum atomic E-state index is 0.0633. The van der Waals surface area contributed by atoms with Crippen LogP contribution in [0.3, 0.4) is 0 Å². The molecule has 0 saturated carbocycles. The molecule has 3 heteroatoms. The first kappa shape index (κ1) is 14.5. The average Bonchev–Trinajstić information content (AvgIpc) is 2.32. The van der Waals surface area contributed by atoms with E-state index in [1.54, 1.807) is 7.11 Å². The Bertz CT molecular complexity index is 365. The van der Waals surface area contributed by atoms with E-state index in [4.69, 9.17) is 10.5 Å². The van der Waals surface area contributed by atoms with E-state index in [1.165, 1.54) is 24.8 Å². The van der Waals surface area contributed by atoms with Crippen LogP contribution in [0, 0.1) is 6.92 Å². The molecule has 0 bridgehead atoms. The van der Waals surface area contributed by atoms with Crippen LogP contribution in [0.25, 0.3) is 0 Å². The van der Waals surface area contributed by atoms with Crippen LogP contribution in [0.4, 0.5) is 0 Å². The number of ether oxygens (including phenoxy) is 1. The van der Waals surface area contributed by atoms with Crippen LogP contribution in [0.15, 0.2) is 16.6 Å². The predicted molar refractivity (Wildman–Crippen MR) is 76.5 cm³/mol. The molecule has 1 rings (SSSR count). The molecule has 0 radical (unpaired) electrons. The van der Waals surface area contributed by atoms with E-state index in [2.05, 4.69) is 35.8 Å². The number of hydrogen-bond donors (Lipinski definition) is 1. The van der Waals surface area contributed by atoms with Crippen molar-refractivity contribution in [1.29, 1.82) is 0 Å². The third-order valence-corrected chi connectivity index (χ3v) is 3.88. The van der Waals surface area contributed by atoms with Gasteiger partial charge in [0.25, 0.3) is 0 Å². The Morgan fingerprint density at radius 3 is 2.65 bits per heavy atom. The summed E-state index contributed by atoms with van der Waals surface area (Å²) in [5.41, 5.74) is 8.50. The predicted octanol–water partition coefficient (Wildman–Crippen LogP) is 4.35. The summed E-state index contributed by atoms with van der Waals surface area (Å²) >= 11 is 3.55. The largest absolute Gasteiger partial charge is 0.496 e. The van der Waals surface area contributed by atoms with Crippen molar-refractivity contribution in [3.05, 3.63) is 27.7 Å². The Labute approximate surface area is 113 Å². The molecule has 1 unspecified atom stereocenters. The summed E-state index contributed by atoms with van der Waals surface area (Å²) < 4.78 is 6.50. The van der Waals surface area contributed by atoms with Gasteiger partial charge in [-0.1, -0.05) is 42.1 Å². The van der Waals surface area contributed by atoms with Crippen molar-refractivity contribution < 1.29 is 4.74 Å². The molecule has 0 aliphatic heterocycles. The standard InChI is InChI=1S/C14H22BrNO/c1-4-5-6-7-13(16)11-9-12(15)10(2)8-14(11)17-3/h8-9,13H,4-7,16H2,1-3H3. The number of nitrogens with two attached hydrogens (primary N) is 1. The van der Waals surface area contributed by atoms with Gasteiger partial charge in [0.15, 0.2) is 0 Å². The summed E-state index contributed by atoms with van der Waals surface area (Å²) in [5.74, 6) is 0.898. The number of halogens is 1. The number of rotatable bonds is 6. The van der Waals surface area contributed by atoms with Crippen LogP contribution in [-0.2, 0) is 0 Å². The summed E-state index contributed by atoms with van der Waals surface area (Å²) in [5, 5.41) is 0. The fraction of sp³-hybridized carbons (Fsp3) is 0.571. The molecule has 0 heterocycles. The number of aryl methyl sites for hydroxylation is 1. The highest BCUT2D eigenvalue weighted by Gasteiger charge is 2.13. The van der Waals surface area contributed by atoms with Crippen molar-refractivity contribution >= 4 is 15.9 Å². The van der Waals surface area contributed by atoms with Gasteiger partial charge in [0, 0.05) is 16.1 Å². The lowest BCUT2D eigenvalue weighted by atomic mass is 9.99. The summed E-state index contributed by atoms with van der Waals surface area (Å²) in [7, 11) is 1.70. The van der Waals surface area contributed by atoms with Crippen molar-refractivity contribution in [2.24, 2.45) is 5.73 Å². The minimum absolute atomic E-state index is 0.0633. The van der Waals surface area contributed by atoms with Gasteiger partial charge < -0.3 is 10.5 Å². The van der Waals surface area contributed by atoms with Gasteiger partial charge in [-0.3, -0.25) is 0 Å². The second kappa shape index (κ2) is 7.02. The second-order valence-corrected chi connectivity index (χ2v) is 5.30. The lowest BCUT2D eigenvalue weighted by Gasteiger charge is -2.17. The van der Waals surface area contributed by atoms with E-state index >= 15 is 0 Å². The maximum Gasteiger partial charge on any atom is 0.123 e. The van der Waals surface area contributed by atoms with E-state index in [-0.39, 0.29) is 6.04 Å². The Balaban J connectivity index is 2.84. The maximum atomic E-state index is 6.23. The Morgan fingerprint density at radius 1 is 1.35 bits per heavy atom. The molecule has 0 spiro atoms. The molecule has 0 fully saturated rings. The molecule has 0 saturated heterocycles. The molecule has 0 amide bonds. The van der Waals surface area contributed by atoms with Crippen LogP contribution in [-0.4, -0.2) is 7.11 Å². The highest BCUT2D eigenvalue weighted by Crippen LogP contribution is 2.32. The van der Waals surface area contributed by atoms with Gasteiger partial charge in [-0.25, -0.2) is 0 Å². The van der Waals surface area contributed by atoms with Gasteiger partial charge in [-0.05, 0) is 31.0 Å². The third kappa shape index (κ3) is 4.00. The number of benzene rings is 1. The Kier molecular flexibility index (Phi) is 6.00. The maximum absolute atomic E-state index is 6.23. The molecule has 1 aromatic rings. The molecule has 96 valence electrons. The molecule has 17 heavy (non-hydrogen) atoms. The van der Waals surface area contributed by atoms with Crippen LogP contribution in [0.5, 0.6) is 5.75 Å². The van der Waals surface area contributed by atoms with Crippen molar-refractivity contribution in [2.75, 3.05) is 7.11 Å². The van der Waals surface area contributed by atoms with Gasteiger partial charge in [0.05, 0.1) is 7.11 Å². The molecule has 0 aliphatic rings. The summed E-state index contributed by atoms with van der Waals surface area (Å²) in [6.45, 7) is 4.26. The first-order valence-electron chi connectivity index (χ1n) is 6.19. The topological polar surface area (TPSA) is 35.2 Å². The molecular weight excluding hydrogens is 278 g/mol. The van der Waals surface area contributed by atoms with Gasteiger partial charge in [0.2, 0.25) is 0 Å². The summed E-state index contributed by atoms with van der Waals surface area (Å²) in [6, 6.07) is 4.19. The zero-order valence-corrected chi connectivity index (χ0v) is 12.5. The van der Waals surface area contributed by atoms with E-state index in [9.17, 15) is 0 Å². The van der Waals surface area contributed by atoms with Crippen LogP contribution in [0.1, 0.15) is 49.8 Å². The zero-order valence-electron chi connectivity index (χ0n) is 10.9. The van der Waals surface area contributed by atoms with Crippen molar-refractivity contribution in [3.8, 4) is 5.75 Å².